The second-order valence-electron chi connectivity index (χ2n) is 7.29. The number of hydrogen-bond acceptors (Lipinski definition) is 8. The molecule has 0 unspecified atom stereocenters. The Balaban J connectivity index is 1.70. The smallest absolute Gasteiger partial charge is 0.341 e. The number of hydrogen-bond donors (Lipinski definition) is 0. The lowest BCUT2D eigenvalue weighted by Crippen LogP contribution is -2.40. The average Bonchev–Trinajstić information content (AvgIpc) is 3.34. The predicted molar refractivity (Wildman–Crippen MR) is 105 cm³/mol. The highest BCUT2D eigenvalue weighted by atomic mass is 32.2. The Hall–Kier alpha value is -2.69. The van der Waals surface area contributed by atoms with E-state index >= 15 is 0 Å². The number of esters is 1. The molecule has 0 bridgehead atoms. The van der Waals surface area contributed by atoms with Gasteiger partial charge in [-0.3, -0.25) is 14.9 Å². The Labute approximate surface area is 168 Å². The predicted octanol–water partition coefficient (Wildman–Crippen LogP) is 0.997. The van der Waals surface area contributed by atoms with Gasteiger partial charge in [-0.25, -0.2) is 13.2 Å². The van der Waals surface area contributed by atoms with Crippen LogP contribution >= 0.6 is 0 Å². The van der Waals surface area contributed by atoms with Crippen molar-refractivity contribution in [1.29, 1.82) is 0 Å². The molecule has 0 aliphatic carbocycles. The average molecular weight is 425 g/mol. The summed E-state index contributed by atoms with van der Waals surface area (Å²) in [7, 11) is -1.67. The van der Waals surface area contributed by atoms with Crippen molar-refractivity contribution < 1.29 is 27.7 Å². The molecule has 158 valence electrons. The van der Waals surface area contributed by atoms with Crippen molar-refractivity contribution in [3.8, 4) is 0 Å². The molecule has 0 N–H and O–H groups in total. The van der Waals surface area contributed by atoms with Crippen molar-refractivity contribution in [2.75, 3.05) is 43.1 Å². The summed E-state index contributed by atoms with van der Waals surface area (Å²) in [6, 6.07) is 3.58. The van der Waals surface area contributed by atoms with Gasteiger partial charge >= 0.3 is 5.97 Å². The van der Waals surface area contributed by atoms with E-state index in [-0.39, 0.29) is 22.8 Å². The van der Waals surface area contributed by atoms with Crippen LogP contribution in [0.1, 0.15) is 29.6 Å². The van der Waals surface area contributed by atoms with Crippen molar-refractivity contribution in [1.82, 2.24) is 4.90 Å². The lowest BCUT2D eigenvalue weighted by Gasteiger charge is -2.23. The maximum atomic E-state index is 12.6. The summed E-state index contributed by atoms with van der Waals surface area (Å²) < 4.78 is 28.3. The van der Waals surface area contributed by atoms with Crippen molar-refractivity contribution in [3.05, 3.63) is 33.9 Å². The molecule has 11 heteroatoms. The van der Waals surface area contributed by atoms with Gasteiger partial charge in [0.15, 0.2) is 16.4 Å². The number of amides is 1. The van der Waals surface area contributed by atoms with Crippen LogP contribution in [0.25, 0.3) is 0 Å². The molecule has 1 amide bonds. The molecule has 2 saturated heterocycles. The molecule has 0 spiro atoms. The molecule has 2 aliphatic rings. The minimum Gasteiger partial charge on any atom is -0.452 e. The van der Waals surface area contributed by atoms with Gasteiger partial charge in [0.1, 0.15) is 0 Å². The van der Waals surface area contributed by atoms with Gasteiger partial charge < -0.3 is 14.5 Å². The molecule has 3 rings (SSSR count). The van der Waals surface area contributed by atoms with E-state index in [1.54, 1.807) is 0 Å². The van der Waals surface area contributed by atoms with Crippen LogP contribution in [0.2, 0.25) is 0 Å². The summed E-state index contributed by atoms with van der Waals surface area (Å²) in [5.74, 6) is -1.42. The fourth-order valence-corrected chi connectivity index (χ4v) is 5.40. The first-order chi connectivity index (χ1) is 13.7. The van der Waals surface area contributed by atoms with Crippen molar-refractivity contribution >= 4 is 33.1 Å². The first-order valence-electron chi connectivity index (χ1n) is 9.34. The molecule has 2 fully saturated rings. The summed E-state index contributed by atoms with van der Waals surface area (Å²) in [6.07, 6.45) is 2.26. The molecule has 29 heavy (non-hydrogen) atoms. The third-order valence-corrected chi connectivity index (χ3v) is 7.08. The molecule has 2 aliphatic heterocycles. The molecule has 1 aromatic rings. The quantitative estimate of drug-likeness (QED) is 0.375. The van der Waals surface area contributed by atoms with Crippen LogP contribution in [0.3, 0.4) is 0 Å². The fraction of sp³-hybridized carbons (Fsp3) is 0.556. The molecule has 10 nitrogen and oxygen atoms in total. The number of carbonyl (C=O) groups excluding carboxylic acids is 2. The van der Waals surface area contributed by atoms with Crippen LogP contribution in [0, 0.1) is 10.1 Å². The number of nitro groups is 1. The van der Waals surface area contributed by atoms with Gasteiger partial charge in [0.2, 0.25) is 0 Å². The number of non-ortho nitro benzene ring substituents is 1. The van der Waals surface area contributed by atoms with Gasteiger partial charge in [0.25, 0.3) is 11.6 Å². The monoisotopic (exact) mass is 425 g/mol. The number of likely N-dealkylation sites (N-methyl/N-ethyl adjacent to an activating group) is 1. The summed E-state index contributed by atoms with van der Waals surface area (Å²) in [5, 5.41) is 11.1. The maximum Gasteiger partial charge on any atom is 0.341 e. The third-order valence-electron chi connectivity index (χ3n) is 5.33. The lowest BCUT2D eigenvalue weighted by atomic mass is 10.1. The van der Waals surface area contributed by atoms with Crippen molar-refractivity contribution in [2.24, 2.45) is 0 Å². The van der Waals surface area contributed by atoms with Crippen LogP contribution in [-0.4, -0.2) is 74.4 Å². The standard InChI is InChI=1S/C18H23N3O7S/c1-19(14-6-9-29(26,27)12-14)17(22)11-28-18(23)15-10-13(21(24)25)4-5-16(15)20-7-2-3-8-20/h4-5,10,14H,2-3,6-9,11-12H2,1H3/t14-/m1/s1. The van der Waals surface area contributed by atoms with Gasteiger partial charge in [-0.2, -0.15) is 0 Å². The summed E-state index contributed by atoms with van der Waals surface area (Å²) in [4.78, 5) is 38.7. The van der Waals surface area contributed by atoms with E-state index in [1.165, 1.54) is 24.1 Å². The van der Waals surface area contributed by atoms with Crippen LogP contribution in [-0.2, 0) is 19.4 Å². The van der Waals surface area contributed by atoms with Crippen molar-refractivity contribution in [3.63, 3.8) is 0 Å². The normalized spacial score (nSPS) is 20.4. The van der Waals surface area contributed by atoms with E-state index in [9.17, 15) is 28.1 Å². The number of benzene rings is 1. The molecule has 0 saturated carbocycles. The number of anilines is 1. The zero-order chi connectivity index (χ0) is 21.2. The van der Waals surface area contributed by atoms with Crippen LogP contribution in [0.4, 0.5) is 11.4 Å². The highest BCUT2D eigenvalue weighted by Crippen LogP contribution is 2.29. The van der Waals surface area contributed by atoms with Gasteiger partial charge in [-0.15, -0.1) is 0 Å². The largest absolute Gasteiger partial charge is 0.452 e. The minimum absolute atomic E-state index is 0.0297. The Morgan fingerprint density at radius 1 is 1.31 bits per heavy atom. The van der Waals surface area contributed by atoms with E-state index in [1.807, 2.05) is 4.90 Å². The number of rotatable bonds is 6. The Morgan fingerprint density at radius 3 is 2.59 bits per heavy atom. The molecule has 2 heterocycles. The number of sulfone groups is 1. The number of nitro benzene ring substituents is 1. The third kappa shape index (κ3) is 4.84. The number of carbonyl (C=O) groups is 2. The van der Waals surface area contributed by atoms with E-state index in [0.29, 0.717) is 12.1 Å². The fourth-order valence-electron chi connectivity index (χ4n) is 3.63. The summed E-state index contributed by atoms with van der Waals surface area (Å²) >= 11 is 0. The lowest BCUT2D eigenvalue weighted by molar-refractivity contribution is -0.384. The van der Waals surface area contributed by atoms with Crippen LogP contribution in [0.5, 0.6) is 0 Å². The van der Waals surface area contributed by atoms with E-state index in [2.05, 4.69) is 0 Å². The topological polar surface area (TPSA) is 127 Å². The number of nitrogens with zero attached hydrogens (tertiary/aromatic N) is 3. The maximum absolute atomic E-state index is 12.6. The van der Waals surface area contributed by atoms with Crippen molar-refractivity contribution in [2.45, 2.75) is 25.3 Å². The Kier molecular flexibility index (Phi) is 6.06. The molecule has 1 aromatic carbocycles. The minimum atomic E-state index is -3.15. The Morgan fingerprint density at radius 2 is 2.00 bits per heavy atom. The molecule has 0 aromatic heterocycles. The molecule has 1 atom stereocenters. The van der Waals surface area contributed by atoms with Gasteiger partial charge in [-0.05, 0) is 25.3 Å². The zero-order valence-corrected chi connectivity index (χ0v) is 16.9. The first kappa shape index (κ1) is 21.0. The highest BCUT2D eigenvalue weighted by molar-refractivity contribution is 7.91. The second-order valence-corrected chi connectivity index (χ2v) is 9.52. The van der Waals surface area contributed by atoms with Crippen LogP contribution < -0.4 is 4.90 Å². The molecular formula is C18H23N3O7S. The first-order valence-corrected chi connectivity index (χ1v) is 11.2. The summed E-state index contributed by atoms with van der Waals surface area (Å²) in [6.45, 7) is 0.903. The molecular weight excluding hydrogens is 402 g/mol. The van der Waals surface area contributed by atoms with E-state index < -0.39 is 39.3 Å². The Bertz CT molecular complexity index is 925. The summed E-state index contributed by atoms with van der Waals surface area (Å²) in [5.41, 5.74) is 0.347. The number of ether oxygens (including phenoxy) is 1. The van der Waals surface area contributed by atoms with E-state index in [4.69, 9.17) is 4.74 Å². The SMILES string of the molecule is CN(C(=O)COC(=O)c1cc([N+](=O)[O-])ccc1N1CCCC1)[C@@H]1CCS(=O)(=O)C1. The zero-order valence-electron chi connectivity index (χ0n) is 16.1. The van der Waals surface area contributed by atoms with Gasteiger partial charge in [0, 0.05) is 38.3 Å². The second kappa shape index (κ2) is 8.36. The molecule has 0 radical (unpaired) electrons. The van der Waals surface area contributed by atoms with Crippen LogP contribution in [0.15, 0.2) is 18.2 Å². The highest BCUT2D eigenvalue weighted by Gasteiger charge is 2.33. The van der Waals surface area contributed by atoms with Gasteiger partial charge in [0.05, 0.1) is 27.7 Å². The van der Waals surface area contributed by atoms with Gasteiger partial charge in [-0.1, -0.05) is 0 Å². The van der Waals surface area contributed by atoms with E-state index in [0.717, 1.165) is 32.0 Å².